The normalized spacial score (nSPS) is 13.8. The van der Waals surface area contributed by atoms with Crippen LogP contribution in [-0.2, 0) is 12.7 Å². The van der Waals surface area contributed by atoms with Crippen molar-refractivity contribution in [2.75, 3.05) is 0 Å². The fourth-order valence-electron chi connectivity index (χ4n) is 3.34. The number of pyridine rings is 1. The summed E-state index contributed by atoms with van der Waals surface area (Å²) in [6, 6.07) is 9.40. The fraction of sp³-hybridized carbons (Fsp3) is 0.273. The first kappa shape index (κ1) is 20.8. The highest BCUT2D eigenvalue weighted by Crippen LogP contribution is 2.31. The van der Waals surface area contributed by atoms with Crippen molar-refractivity contribution in [1.82, 2.24) is 19.7 Å². The average Bonchev–Trinajstić information content (AvgIpc) is 3.57. The van der Waals surface area contributed by atoms with Crippen LogP contribution in [0.3, 0.4) is 0 Å². The lowest BCUT2D eigenvalue weighted by atomic mass is 10.2. The molecule has 3 aromatic rings. The van der Waals surface area contributed by atoms with Gasteiger partial charge in [-0.05, 0) is 55.7 Å². The van der Waals surface area contributed by atoms with E-state index in [1.165, 1.54) is 22.9 Å². The van der Waals surface area contributed by atoms with E-state index in [0.29, 0.717) is 12.2 Å². The molecule has 1 aromatic carbocycles. The summed E-state index contributed by atoms with van der Waals surface area (Å²) in [6.07, 6.45) is 0.370. The third-order valence-corrected chi connectivity index (χ3v) is 5.08. The molecule has 0 saturated heterocycles. The molecule has 0 unspecified atom stereocenters. The zero-order valence-electron chi connectivity index (χ0n) is 16.6. The lowest BCUT2D eigenvalue weighted by Gasteiger charge is -2.22. The summed E-state index contributed by atoms with van der Waals surface area (Å²) >= 11 is 0. The van der Waals surface area contributed by atoms with Gasteiger partial charge in [0.05, 0.1) is 11.3 Å². The van der Waals surface area contributed by atoms with Gasteiger partial charge >= 0.3 is 6.18 Å². The number of aromatic nitrogens is 3. The fourth-order valence-corrected chi connectivity index (χ4v) is 3.34. The molecule has 1 amide bonds. The van der Waals surface area contributed by atoms with Gasteiger partial charge in [0.2, 0.25) is 5.43 Å². The maximum atomic E-state index is 13.2. The second-order valence-electron chi connectivity index (χ2n) is 7.48. The summed E-state index contributed by atoms with van der Waals surface area (Å²) in [5.41, 5.74) is -0.410. The molecule has 0 atom stereocenters. The number of carbonyl (C=O) groups excluding carboxylic acids is 1. The van der Waals surface area contributed by atoms with Crippen molar-refractivity contribution >= 4 is 5.91 Å². The van der Waals surface area contributed by atoms with Crippen LogP contribution in [0.4, 0.5) is 13.2 Å². The van der Waals surface area contributed by atoms with E-state index < -0.39 is 23.1 Å². The Kier molecular flexibility index (Phi) is 5.34. The SMILES string of the molecule is Cc1cc(=O)c(C(=O)N(Cc2ccncc2)C2CC2)nn1-c1cccc(C(F)(F)F)c1. The number of carbonyl (C=O) groups is 1. The van der Waals surface area contributed by atoms with E-state index in [4.69, 9.17) is 0 Å². The second-order valence-corrected chi connectivity index (χ2v) is 7.48. The molecule has 0 radical (unpaired) electrons. The van der Waals surface area contributed by atoms with Gasteiger partial charge in [-0.25, -0.2) is 4.68 Å². The first-order chi connectivity index (χ1) is 14.7. The highest BCUT2D eigenvalue weighted by atomic mass is 19.4. The van der Waals surface area contributed by atoms with Crippen LogP contribution in [0.1, 0.15) is 40.2 Å². The molecule has 2 heterocycles. The Morgan fingerprint density at radius 2 is 1.87 bits per heavy atom. The Hall–Kier alpha value is -3.49. The molecule has 1 saturated carbocycles. The van der Waals surface area contributed by atoms with Crippen LogP contribution in [0.25, 0.3) is 5.69 Å². The lowest BCUT2D eigenvalue weighted by molar-refractivity contribution is -0.137. The number of rotatable bonds is 5. The zero-order chi connectivity index (χ0) is 22.2. The molecule has 4 rings (SSSR count). The summed E-state index contributed by atoms with van der Waals surface area (Å²) < 4.78 is 40.6. The van der Waals surface area contributed by atoms with E-state index in [2.05, 4.69) is 10.1 Å². The Labute approximate surface area is 176 Å². The maximum absolute atomic E-state index is 13.2. The number of nitrogens with zero attached hydrogens (tertiary/aromatic N) is 4. The van der Waals surface area contributed by atoms with Crippen molar-refractivity contribution in [3.05, 3.63) is 87.6 Å². The second kappa shape index (κ2) is 7.98. The molecule has 2 aromatic heterocycles. The predicted octanol–water partition coefficient (Wildman–Crippen LogP) is 3.76. The van der Waals surface area contributed by atoms with E-state index in [1.807, 2.05) is 0 Å². The number of hydrogen-bond donors (Lipinski definition) is 0. The quantitative estimate of drug-likeness (QED) is 0.621. The Balaban J connectivity index is 1.72. The van der Waals surface area contributed by atoms with Crippen molar-refractivity contribution < 1.29 is 18.0 Å². The Bertz CT molecular complexity index is 1170. The molecule has 6 nitrogen and oxygen atoms in total. The number of benzene rings is 1. The minimum Gasteiger partial charge on any atom is -0.330 e. The smallest absolute Gasteiger partial charge is 0.330 e. The Morgan fingerprint density at radius 3 is 2.52 bits per heavy atom. The predicted molar refractivity (Wildman–Crippen MR) is 107 cm³/mol. The number of halogens is 3. The highest BCUT2D eigenvalue weighted by Gasteiger charge is 2.35. The molecule has 0 bridgehead atoms. The van der Waals surface area contributed by atoms with E-state index in [0.717, 1.165) is 30.5 Å². The molecular weight excluding hydrogens is 409 g/mol. The topological polar surface area (TPSA) is 68.1 Å². The molecule has 0 N–H and O–H groups in total. The molecule has 0 aliphatic heterocycles. The lowest BCUT2D eigenvalue weighted by Crippen LogP contribution is -2.37. The van der Waals surface area contributed by atoms with Crippen molar-refractivity contribution in [3.8, 4) is 5.69 Å². The van der Waals surface area contributed by atoms with Crippen LogP contribution >= 0.6 is 0 Å². The van der Waals surface area contributed by atoms with Gasteiger partial charge in [-0.1, -0.05) is 6.07 Å². The largest absolute Gasteiger partial charge is 0.416 e. The first-order valence-corrected chi connectivity index (χ1v) is 9.72. The highest BCUT2D eigenvalue weighted by molar-refractivity contribution is 5.92. The van der Waals surface area contributed by atoms with Crippen LogP contribution < -0.4 is 5.43 Å². The molecule has 9 heteroatoms. The summed E-state index contributed by atoms with van der Waals surface area (Å²) in [5.74, 6) is -0.537. The summed E-state index contributed by atoms with van der Waals surface area (Å²) in [6.45, 7) is 1.85. The molecule has 0 spiro atoms. The van der Waals surface area contributed by atoms with Gasteiger partial charge in [0.25, 0.3) is 5.91 Å². The average molecular weight is 428 g/mol. The molecule has 31 heavy (non-hydrogen) atoms. The minimum absolute atomic E-state index is 0.00479. The maximum Gasteiger partial charge on any atom is 0.416 e. The van der Waals surface area contributed by atoms with Crippen LogP contribution in [0.2, 0.25) is 0 Å². The first-order valence-electron chi connectivity index (χ1n) is 9.72. The van der Waals surface area contributed by atoms with Gasteiger partial charge in [0.1, 0.15) is 0 Å². The molecular formula is C22H19F3N4O2. The van der Waals surface area contributed by atoms with Gasteiger partial charge in [-0.15, -0.1) is 0 Å². The van der Waals surface area contributed by atoms with Gasteiger partial charge in [-0.3, -0.25) is 14.6 Å². The molecule has 1 aliphatic rings. The van der Waals surface area contributed by atoms with Crippen molar-refractivity contribution in [3.63, 3.8) is 0 Å². The van der Waals surface area contributed by atoms with E-state index >= 15 is 0 Å². The van der Waals surface area contributed by atoms with Crippen molar-refractivity contribution in [1.29, 1.82) is 0 Å². The summed E-state index contributed by atoms with van der Waals surface area (Å²) in [7, 11) is 0. The van der Waals surface area contributed by atoms with Crippen molar-refractivity contribution in [2.45, 2.75) is 38.5 Å². The van der Waals surface area contributed by atoms with Gasteiger partial charge in [0.15, 0.2) is 5.69 Å². The van der Waals surface area contributed by atoms with Crippen LogP contribution in [0.15, 0.2) is 59.7 Å². The number of hydrogen-bond acceptors (Lipinski definition) is 4. The van der Waals surface area contributed by atoms with Crippen LogP contribution in [0, 0.1) is 6.92 Å². The standard InChI is InChI=1S/C22H19F3N4O2/c1-14-11-19(30)20(27-29(14)18-4-2-3-16(12-18)22(23,24)25)21(31)28(17-5-6-17)13-15-7-9-26-10-8-15/h2-4,7-12,17H,5-6,13H2,1H3. The molecule has 1 aliphatic carbocycles. The zero-order valence-corrected chi connectivity index (χ0v) is 16.6. The van der Waals surface area contributed by atoms with E-state index in [-0.39, 0.29) is 17.4 Å². The van der Waals surface area contributed by atoms with Crippen LogP contribution in [0.5, 0.6) is 0 Å². The number of alkyl halides is 3. The number of amides is 1. The summed E-state index contributed by atoms with van der Waals surface area (Å²) in [5, 5.41) is 4.17. The minimum atomic E-state index is -4.52. The van der Waals surface area contributed by atoms with E-state index in [9.17, 15) is 22.8 Å². The van der Waals surface area contributed by atoms with Crippen LogP contribution in [-0.4, -0.2) is 31.6 Å². The molecule has 1 fully saturated rings. The third-order valence-electron chi connectivity index (χ3n) is 5.08. The molecule has 160 valence electrons. The van der Waals surface area contributed by atoms with Gasteiger partial charge in [-0.2, -0.15) is 18.3 Å². The monoisotopic (exact) mass is 428 g/mol. The van der Waals surface area contributed by atoms with Gasteiger partial charge in [0, 0.05) is 36.7 Å². The Morgan fingerprint density at radius 1 is 1.16 bits per heavy atom. The number of aryl methyl sites for hydroxylation is 1. The summed E-state index contributed by atoms with van der Waals surface area (Å²) in [4.78, 5) is 31.4. The van der Waals surface area contributed by atoms with Crippen molar-refractivity contribution in [2.24, 2.45) is 0 Å². The van der Waals surface area contributed by atoms with E-state index in [1.54, 1.807) is 36.4 Å². The van der Waals surface area contributed by atoms with Gasteiger partial charge < -0.3 is 4.90 Å². The third kappa shape index (κ3) is 4.50.